The summed E-state index contributed by atoms with van der Waals surface area (Å²) in [4.78, 5) is 12.8. The van der Waals surface area contributed by atoms with Gasteiger partial charge in [-0.15, -0.1) is 0 Å². The normalized spacial score (nSPS) is 11.7. The lowest BCUT2D eigenvalue weighted by Gasteiger charge is -2.12. The van der Waals surface area contributed by atoms with Gasteiger partial charge in [-0.25, -0.2) is 9.97 Å². The minimum atomic E-state index is -0.422. The smallest absolute Gasteiger partial charge is 0.184 e. The van der Waals surface area contributed by atoms with Crippen molar-refractivity contribution < 1.29 is 4.74 Å². The first kappa shape index (κ1) is 15.7. The van der Waals surface area contributed by atoms with Crippen LogP contribution in [-0.4, -0.2) is 21.1 Å². The van der Waals surface area contributed by atoms with Crippen molar-refractivity contribution in [2.45, 2.75) is 26.0 Å². The van der Waals surface area contributed by atoms with E-state index in [1.807, 2.05) is 43.3 Å². The Morgan fingerprint density at radius 3 is 2.92 bits per heavy atom. The molecule has 24 heavy (non-hydrogen) atoms. The van der Waals surface area contributed by atoms with Gasteiger partial charge < -0.3 is 10.1 Å². The molecule has 1 unspecified atom stereocenters. The first-order valence-corrected chi connectivity index (χ1v) is 7.75. The van der Waals surface area contributed by atoms with Crippen molar-refractivity contribution in [3.63, 3.8) is 0 Å². The highest BCUT2D eigenvalue weighted by molar-refractivity contribution is 5.71. The van der Waals surface area contributed by atoms with Crippen LogP contribution in [0, 0.1) is 11.3 Å². The van der Waals surface area contributed by atoms with Gasteiger partial charge in [0.25, 0.3) is 0 Å². The summed E-state index contributed by atoms with van der Waals surface area (Å²) in [5.74, 6) is 1.43. The van der Waals surface area contributed by atoms with Crippen LogP contribution in [-0.2, 0) is 6.54 Å². The molecule has 0 saturated heterocycles. The molecule has 1 atom stereocenters. The van der Waals surface area contributed by atoms with Gasteiger partial charge in [0.05, 0.1) is 0 Å². The Labute approximate surface area is 140 Å². The number of nitrogens with zero attached hydrogens (tertiary/aromatic N) is 4. The third kappa shape index (κ3) is 3.76. The van der Waals surface area contributed by atoms with Gasteiger partial charge in [0, 0.05) is 18.9 Å². The fraction of sp³-hybridized carbons (Fsp3) is 0.222. The molecule has 0 amide bonds. The summed E-state index contributed by atoms with van der Waals surface area (Å²) in [6, 6.07) is 13.6. The predicted molar refractivity (Wildman–Crippen MR) is 91.4 cm³/mol. The average molecular weight is 319 g/mol. The van der Waals surface area contributed by atoms with Crippen molar-refractivity contribution in [3.8, 4) is 11.8 Å². The van der Waals surface area contributed by atoms with Crippen molar-refractivity contribution in [1.29, 1.82) is 5.26 Å². The summed E-state index contributed by atoms with van der Waals surface area (Å²) in [6.45, 7) is 2.52. The summed E-state index contributed by atoms with van der Waals surface area (Å²) < 4.78 is 5.64. The van der Waals surface area contributed by atoms with Gasteiger partial charge in [-0.2, -0.15) is 5.26 Å². The zero-order chi connectivity index (χ0) is 16.8. The van der Waals surface area contributed by atoms with Crippen molar-refractivity contribution in [2.24, 2.45) is 0 Å². The molecule has 0 saturated carbocycles. The SMILES string of the molecule is CCC(C#N)Oc1cccc(CNc2ccc3nccnc3n2)c1. The van der Waals surface area contributed by atoms with Crippen LogP contribution in [0.5, 0.6) is 5.75 Å². The van der Waals surface area contributed by atoms with Crippen LogP contribution < -0.4 is 10.1 Å². The van der Waals surface area contributed by atoms with E-state index in [0.717, 1.165) is 16.9 Å². The number of anilines is 1. The number of fused-ring (bicyclic) bond motifs is 1. The largest absolute Gasteiger partial charge is 0.476 e. The number of pyridine rings is 1. The molecule has 6 heteroatoms. The fourth-order valence-electron chi connectivity index (χ4n) is 2.24. The number of hydrogen-bond donors (Lipinski definition) is 1. The van der Waals surface area contributed by atoms with E-state index in [1.54, 1.807) is 12.4 Å². The summed E-state index contributed by atoms with van der Waals surface area (Å²) in [6.07, 6.45) is 3.50. The van der Waals surface area contributed by atoms with Gasteiger partial charge in [0.15, 0.2) is 11.8 Å². The highest BCUT2D eigenvalue weighted by atomic mass is 16.5. The second kappa shape index (κ2) is 7.38. The van der Waals surface area contributed by atoms with E-state index < -0.39 is 6.10 Å². The predicted octanol–water partition coefficient (Wildman–Crippen LogP) is 3.32. The highest BCUT2D eigenvalue weighted by Gasteiger charge is 2.06. The van der Waals surface area contributed by atoms with Crippen molar-refractivity contribution in [3.05, 3.63) is 54.4 Å². The molecule has 3 aromatic rings. The van der Waals surface area contributed by atoms with Gasteiger partial charge in [0.2, 0.25) is 0 Å². The molecule has 2 aromatic heterocycles. The van der Waals surface area contributed by atoms with E-state index in [2.05, 4.69) is 26.3 Å². The molecule has 0 bridgehead atoms. The zero-order valence-electron chi connectivity index (χ0n) is 13.3. The van der Waals surface area contributed by atoms with Crippen molar-refractivity contribution in [1.82, 2.24) is 15.0 Å². The maximum atomic E-state index is 8.99. The molecule has 0 spiro atoms. The second-order valence-electron chi connectivity index (χ2n) is 5.24. The van der Waals surface area contributed by atoms with Gasteiger partial charge in [-0.3, -0.25) is 4.98 Å². The molecule has 0 aliphatic rings. The minimum Gasteiger partial charge on any atom is -0.476 e. The minimum absolute atomic E-state index is 0.422. The standard InChI is InChI=1S/C18H17N5O/c1-2-14(11-19)24-15-5-3-4-13(10-15)12-22-17-7-6-16-18(23-17)21-9-8-20-16/h3-10,14H,2,12H2,1H3,(H,21,22,23). The van der Waals surface area contributed by atoms with E-state index in [9.17, 15) is 0 Å². The van der Waals surface area contributed by atoms with E-state index >= 15 is 0 Å². The molecule has 3 rings (SSSR count). The average Bonchev–Trinajstić information content (AvgIpc) is 2.64. The van der Waals surface area contributed by atoms with Crippen LogP contribution in [0.1, 0.15) is 18.9 Å². The molecule has 0 radical (unpaired) electrons. The van der Waals surface area contributed by atoms with E-state index in [0.29, 0.717) is 24.4 Å². The number of hydrogen-bond acceptors (Lipinski definition) is 6. The van der Waals surface area contributed by atoms with Crippen LogP contribution in [0.15, 0.2) is 48.8 Å². The first-order chi connectivity index (χ1) is 11.8. The monoisotopic (exact) mass is 319 g/mol. The molecule has 0 aliphatic carbocycles. The summed E-state index contributed by atoms with van der Waals surface area (Å²) in [5, 5.41) is 12.3. The quantitative estimate of drug-likeness (QED) is 0.750. The molecule has 0 fully saturated rings. The lowest BCUT2D eigenvalue weighted by Crippen LogP contribution is -2.12. The summed E-state index contributed by atoms with van der Waals surface area (Å²) in [7, 11) is 0. The Morgan fingerprint density at radius 2 is 2.08 bits per heavy atom. The molecule has 1 N–H and O–H groups in total. The molecular formula is C18H17N5O. The van der Waals surface area contributed by atoms with Crippen LogP contribution in [0.25, 0.3) is 11.2 Å². The van der Waals surface area contributed by atoms with Gasteiger partial charge in [-0.1, -0.05) is 19.1 Å². The molecular weight excluding hydrogens is 302 g/mol. The van der Waals surface area contributed by atoms with Crippen LogP contribution in [0.4, 0.5) is 5.82 Å². The Morgan fingerprint density at radius 1 is 1.21 bits per heavy atom. The summed E-state index contributed by atoms with van der Waals surface area (Å²) in [5.41, 5.74) is 2.42. The van der Waals surface area contributed by atoms with Crippen LogP contribution in [0.2, 0.25) is 0 Å². The molecule has 2 heterocycles. The fourth-order valence-corrected chi connectivity index (χ4v) is 2.24. The molecule has 6 nitrogen and oxygen atoms in total. The maximum Gasteiger partial charge on any atom is 0.184 e. The number of rotatable bonds is 6. The Hall–Kier alpha value is -3.20. The van der Waals surface area contributed by atoms with Crippen molar-refractivity contribution in [2.75, 3.05) is 5.32 Å². The highest BCUT2D eigenvalue weighted by Crippen LogP contribution is 2.17. The first-order valence-electron chi connectivity index (χ1n) is 7.75. The summed E-state index contributed by atoms with van der Waals surface area (Å²) >= 11 is 0. The molecule has 120 valence electrons. The third-order valence-electron chi connectivity index (χ3n) is 3.50. The number of aromatic nitrogens is 3. The number of nitrogens with one attached hydrogen (secondary N) is 1. The van der Waals surface area contributed by atoms with E-state index in [4.69, 9.17) is 10.00 Å². The van der Waals surface area contributed by atoms with Gasteiger partial charge >= 0.3 is 0 Å². The Kier molecular flexibility index (Phi) is 4.82. The molecule has 0 aliphatic heterocycles. The Balaban J connectivity index is 1.68. The maximum absolute atomic E-state index is 8.99. The van der Waals surface area contributed by atoms with Gasteiger partial charge in [0.1, 0.15) is 23.2 Å². The Bertz CT molecular complexity index is 874. The lowest BCUT2D eigenvalue weighted by molar-refractivity contribution is 0.251. The topological polar surface area (TPSA) is 83.7 Å². The lowest BCUT2D eigenvalue weighted by atomic mass is 10.2. The molecule has 1 aromatic carbocycles. The number of benzene rings is 1. The van der Waals surface area contributed by atoms with Crippen LogP contribution in [0.3, 0.4) is 0 Å². The second-order valence-corrected chi connectivity index (χ2v) is 5.24. The number of nitriles is 1. The van der Waals surface area contributed by atoms with E-state index in [-0.39, 0.29) is 0 Å². The van der Waals surface area contributed by atoms with Crippen molar-refractivity contribution >= 4 is 17.0 Å². The number of ether oxygens (including phenoxy) is 1. The third-order valence-corrected chi connectivity index (χ3v) is 3.50. The van der Waals surface area contributed by atoms with Crippen LogP contribution >= 0.6 is 0 Å². The van der Waals surface area contributed by atoms with Gasteiger partial charge in [-0.05, 0) is 36.2 Å². The zero-order valence-corrected chi connectivity index (χ0v) is 13.3. The van der Waals surface area contributed by atoms with E-state index in [1.165, 1.54) is 0 Å².